The number of pyridine rings is 1. The van der Waals surface area contributed by atoms with E-state index in [2.05, 4.69) is 33.9 Å². The fourth-order valence-corrected chi connectivity index (χ4v) is 2.81. The topological polar surface area (TPSA) is 42.5 Å². The molecule has 0 aliphatic carbocycles. The second-order valence-corrected chi connectivity index (χ2v) is 5.58. The van der Waals surface area contributed by atoms with Gasteiger partial charge in [-0.25, -0.2) is 9.48 Å². The predicted octanol–water partition coefficient (Wildman–Crippen LogP) is 1.69. The molecule has 0 radical (unpaired) electrons. The van der Waals surface area contributed by atoms with Crippen LogP contribution < -0.4 is 5.69 Å². The zero-order chi connectivity index (χ0) is 13.9. The fraction of sp³-hybridized carbons (Fsp3) is 0.286. The summed E-state index contributed by atoms with van der Waals surface area (Å²) in [5, 5.41) is 8.55. The Balaban J connectivity index is 1.68. The number of nitrogens with zero attached hydrogens (tertiary/aromatic N) is 4. The Bertz CT molecular complexity index is 744. The molecule has 20 heavy (non-hydrogen) atoms. The van der Waals surface area contributed by atoms with Crippen LogP contribution in [0.15, 0.2) is 46.0 Å². The van der Waals surface area contributed by atoms with Gasteiger partial charge in [0.2, 0.25) is 0 Å². The number of fused-ring (bicyclic) bond motifs is 1. The third kappa shape index (κ3) is 2.66. The third-order valence-corrected chi connectivity index (χ3v) is 3.95. The van der Waals surface area contributed by atoms with E-state index < -0.39 is 0 Å². The number of hydrogen-bond donors (Lipinski definition) is 0. The molecule has 3 heterocycles. The summed E-state index contributed by atoms with van der Waals surface area (Å²) >= 11 is 1.70. The molecular formula is C14H16N4OS. The fourth-order valence-electron chi connectivity index (χ4n) is 2.15. The van der Waals surface area contributed by atoms with Crippen LogP contribution in [0.2, 0.25) is 0 Å². The van der Waals surface area contributed by atoms with Crippen LogP contribution >= 0.6 is 11.3 Å². The third-order valence-electron chi connectivity index (χ3n) is 3.21. The highest BCUT2D eigenvalue weighted by molar-refractivity contribution is 7.07. The van der Waals surface area contributed by atoms with Gasteiger partial charge in [0.1, 0.15) is 0 Å². The van der Waals surface area contributed by atoms with E-state index in [9.17, 15) is 4.79 Å². The molecule has 104 valence electrons. The average molecular weight is 288 g/mol. The number of rotatable bonds is 5. The number of aromatic nitrogens is 3. The van der Waals surface area contributed by atoms with Crippen molar-refractivity contribution in [3.05, 3.63) is 57.3 Å². The van der Waals surface area contributed by atoms with Gasteiger partial charge in [0, 0.05) is 19.3 Å². The van der Waals surface area contributed by atoms with Gasteiger partial charge in [-0.3, -0.25) is 4.40 Å². The van der Waals surface area contributed by atoms with Gasteiger partial charge in [0.15, 0.2) is 5.65 Å². The van der Waals surface area contributed by atoms with E-state index >= 15 is 0 Å². The lowest BCUT2D eigenvalue weighted by atomic mass is 10.3. The van der Waals surface area contributed by atoms with Crippen LogP contribution in [0.25, 0.3) is 5.65 Å². The van der Waals surface area contributed by atoms with Crippen molar-refractivity contribution < 1.29 is 0 Å². The maximum Gasteiger partial charge on any atom is 0.350 e. The van der Waals surface area contributed by atoms with Crippen molar-refractivity contribution in [2.45, 2.75) is 13.1 Å². The Morgan fingerprint density at radius 3 is 3.00 bits per heavy atom. The Kier molecular flexibility index (Phi) is 3.66. The van der Waals surface area contributed by atoms with Crippen molar-refractivity contribution in [1.29, 1.82) is 0 Å². The summed E-state index contributed by atoms with van der Waals surface area (Å²) in [7, 11) is 2.05. The van der Waals surface area contributed by atoms with Gasteiger partial charge in [0.05, 0.1) is 6.54 Å². The Labute approximate surface area is 120 Å². The Morgan fingerprint density at radius 1 is 1.35 bits per heavy atom. The van der Waals surface area contributed by atoms with Gasteiger partial charge < -0.3 is 4.90 Å². The lowest BCUT2D eigenvalue weighted by molar-refractivity contribution is 0.303. The van der Waals surface area contributed by atoms with Crippen LogP contribution in [-0.2, 0) is 13.1 Å². The molecule has 0 aliphatic rings. The second-order valence-electron chi connectivity index (χ2n) is 4.80. The van der Waals surface area contributed by atoms with Crippen molar-refractivity contribution in [3.8, 4) is 0 Å². The molecule has 6 heteroatoms. The lowest BCUT2D eigenvalue weighted by Gasteiger charge is -2.15. The van der Waals surface area contributed by atoms with Crippen LogP contribution in [0.5, 0.6) is 0 Å². The van der Waals surface area contributed by atoms with E-state index in [1.165, 1.54) is 10.2 Å². The minimum Gasteiger partial charge on any atom is -0.300 e. The summed E-state index contributed by atoms with van der Waals surface area (Å²) in [6.45, 7) is 2.28. The minimum absolute atomic E-state index is 0.0791. The second kappa shape index (κ2) is 5.60. The molecule has 3 aromatic rings. The van der Waals surface area contributed by atoms with Gasteiger partial charge in [-0.05, 0) is 41.6 Å². The molecular weight excluding hydrogens is 272 g/mol. The Morgan fingerprint density at radius 2 is 2.25 bits per heavy atom. The predicted molar refractivity (Wildman–Crippen MR) is 80.1 cm³/mol. The summed E-state index contributed by atoms with van der Waals surface area (Å²) in [6.07, 6.45) is 1.75. The van der Waals surface area contributed by atoms with Gasteiger partial charge in [-0.1, -0.05) is 6.07 Å². The normalized spacial score (nSPS) is 11.5. The summed E-state index contributed by atoms with van der Waals surface area (Å²) in [4.78, 5) is 14.3. The molecule has 3 rings (SSSR count). The van der Waals surface area contributed by atoms with Gasteiger partial charge in [-0.2, -0.15) is 11.3 Å². The summed E-state index contributed by atoms with van der Waals surface area (Å²) in [5.41, 5.74) is 1.92. The standard InChI is InChI=1S/C14H16N4OS/c1-16(10-12-5-9-20-11-12)7-8-18-14(19)17-6-3-2-4-13(17)15-18/h2-6,9,11H,7-8,10H2,1H3. The van der Waals surface area contributed by atoms with E-state index in [4.69, 9.17) is 0 Å². The summed E-state index contributed by atoms with van der Waals surface area (Å²) in [5.74, 6) is 0. The maximum absolute atomic E-state index is 12.1. The molecule has 0 unspecified atom stereocenters. The largest absolute Gasteiger partial charge is 0.350 e. The highest BCUT2D eigenvalue weighted by Crippen LogP contribution is 2.08. The SMILES string of the molecule is CN(CCn1nc2ccccn2c1=O)Cc1ccsc1. The molecule has 0 saturated carbocycles. The maximum atomic E-state index is 12.1. The van der Waals surface area contributed by atoms with E-state index in [0.717, 1.165) is 13.1 Å². The van der Waals surface area contributed by atoms with Crippen molar-refractivity contribution >= 4 is 17.0 Å². The molecule has 0 fully saturated rings. The average Bonchev–Trinajstić information content (AvgIpc) is 3.06. The zero-order valence-electron chi connectivity index (χ0n) is 11.3. The van der Waals surface area contributed by atoms with E-state index in [0.29, 0.717) is 12.2 Å². The van der Waals surface area contributed by atoms with Crippen molar-refractivity contribution in [1.82, 2.24) is 19.1 Å². The zero-order valence-corrected chi connectivity index (χ0v) is 12.1. The molecule has 0 N–H and O–H groups in total. The Hall–Kier alpha value is -1.92. The molecule has 0 atom stereocenters. The van der Waals surface area contributed by atoms with E-state index in [1.807, 2.05) is 18.2 Å². The molecule has 0 aliphatic heterocycles. The first-order chi connectivity index (χ1) is 9.74. The first kappa shape index (κ1) is 13.1. The van der Waals surface area contributed by atoms with E-state index in [-0.39, 0.29) is 5.69 Å². The van der Waals surface area contributed by atoms with E-state index in [1.54, 1.807) is 21.9 Å². The first-order valence-corrected chi connectivity index (χ1v) is 7.42. The molecule has 0 bridgehead atoms. The van der Waals surface area contributed by atoms with Crippen LogP contribution in [0.1, 0.15) is 5.56 Å². The van der Waals surface area contributed by atoms with Gasteiger partial charge >= 0.3 is 5.69 Å². The molecule has 0 spiro atoms. The van der Waals surface area contributed by atoms with Gasteiger partial charge in [0.25, 0.3) is 0 Å². The molecule has 5 nitrogen and oxygen atoms in total. The first-order valence-electron chi connectivity index (χ1n) is 6.48. The molecule has 0 amide bonds. The van der Waals surface area contributed by atoms with Crippen molar-refractivity contribution in [3.63, 3.8) is 0 Å². The number of likely N-dealkylation sites (N-methyl/N-ethyl adjacent to an activating group) is 1. The van der Waals surface area contributed by atoms with Crippen LogP contribution in [0.4, 0.5) is 0 Å². The lowest BCUT2D eigenvalue weighted by Crippen LogP contribution is -2.28. The minimum atomic E-state index is -0.0791. The van der Waals surface area contributed by atoms with Crippen molar-refractivity contribution in [2.24, 2.45) is 0 Å². The van der Waals surface area contributed by atoms with Crippen LogP contribution in [0, 0.1) is 0 Å². The number of thiophene rings is 1. The quantitative estimate of drug-likeness (QED) is 0.717. The molecule has 0 aromatic carbocycles. The molecule has 0 saturated heterocycles. The molecule has 3 aromatic heterocycles. The monoisotopic (exact) mass is 288 g/mol. The van der Waals surface area contributed by atoms with Crippen LogP contribution in [-0.4, -0.2) is 32.7 Å². The van der Waals surface area contributed by atoms with Crippen molar-refractivity contribution in [2.75, 3.05) is 13.6 Å². The summed E-state index contributed by atoms with van der Waals surface area (Å²) < 4.78 is 3.10. The smallest absolute Gasteiger partial charge is 0.300 e. The van der Waals surface area contributed by atoms with Gasteiger partial charge in [-0.15, -0.1) is 5.10 Å². The highest BCUT2D eigenvalue weighted by Gasteiger charge is 2.07. The van der Waals surface area contributed by atoms with Crippen LogP contribution in [0.3, 0.4) is 0 Å². The number of hydrogen-bond acceptors (Lipinski definition) is 4. The summed E-state index contributed by atoms with van der Waals surface area (Å²) in [6, 6.07) is 7.68. The highest BCUT2D eigenvalue weighted by atomic mass is 32.1.